The van der Waals surface area contributed by atoms with Crippen molar-refractivity contribution < 1.29 is 4.79 Å². The van der Waals surface area contributed by atoms with Gasteiger partial charge in [-0.25, -0.2) is 5.84 Å². The van der Waals surface area contributed by atoms with Crippen molar-refractivity contribution >= 4 is 5.91 Å². The molecule has 0 saturated heterocycles. The molecular weight excluding hydrogens is 190 g/mol. The summed E-state index contributed by atoms with van der Waals surface area (Å²) in [6.07, 6.45) is 1.10. The summed E-state index contributed by atoms with van der Waals surface area (Å²) in [6, 6.07) is 0.668. The number of amides is 1. The maximum absolute atomic E-state index is 11.4. The topological polar surface area (TPSA) is 58.4 Å². The third-order valence-corrected chi connectivity index (χ3v) is 2.95. The normalized spacial score (nSPS) is 15.5. The number of rotatable bonds is 6. The van der Waals surface area contributed by atoms with Crippen LogP contribution in [0.3, 0.4) is 0 Å². The zero-order valence-corrected chi connectivity index (χ0v) is 10.6. The standard InChI is InChI=1S/C11H25N3O/c1-6-7-14(8(2)3)10(5)9(4)11(15)13-12/h8-10H,6-7,12H2,1-5H3,(H,13,15). The fourth-order valence-electron chi connectivity index (χ4n) is 1.83. The summed E-state index contributed by atoms with van der Waals surface area (Å²) in [4.78, 5) is 13.8. The fourth-order valence-corrected chi connectivity index (χ4v) is 1.83. The van der Waals surface area contributed by atoms with Crippen LogP contribution in [0.25, 0.3) is 0 Å². The zero-order chi connectivity index (χ0) is 12.0. The number of hydrogen-bond donors (Lipinski definition) is 2. The summed E-state index contributed by atoms with van der Waals surface area (Å²) >= 11 is 0. The van der Waals surface area contributed by atoms with E-state index in [0.717, 1.165) is 13.0 Å². The van der Waals surface area contributed by atoms with Gasteiger partial charge in [0.2, 0.25) is 5.91 Å². The number of hydrogen-bond acceptors (Lipinski definition) is 3. The molecule has 15 heavy (non-hydrogen) atoms. The Hall–Kier alpha value is -0.610. The Morgan fingerprint density at radius 1 is 1.33 bits per heavy atom. The Morgan fingerprint density at radius 3 is 2.20 bits per heavy atom. The number of nitrogens with one attached hydrogen (secondary N) is 1. The summed E-state index contributed by atoms with van der Waals surface area (Å²) in [5.74, 6) is 4.97. The molecule has 0 aromatic rings. The molecule has 0 spiro atoms. The molecule has 0 aliphatic carbocycles. The maximum atomic E-state index is 11.4. The van der Waals surface area contributed by atoms with E-state index in [1.807, 2.05) is 6.92 Å². The molecule has 0 saturated carbocycles. The first-order valence-corrected chi connectivity index (χ1v) is 5.71. The van der Waals surface area contributed by atoms with E-state index in [0.29, 0.717) is 6.04 Å². The quantitative estimate of drug-likeness (QED) is 0.396. The minimum atomic E-state index is -0.0933. The third-order valence-electron chi connectivity index (χ3n) is 2.95. The van der Waals surface area contributed by atoms with Crippen molar-refractivity contribution in [1.82, 2.24) is 10.3 Å². The lowest BCUT2D eigenvalue weighted by Gasteiger charge is -2.35. The van der Waals surface area contributed by atoms with Crippen LogP contribution in [-0.4, -0.2) is 29.4 Å². The van der Waals surface area contributed by atoms with E-state index in [-0.39, 0.29) is 17.9 Å². The molecular formula is C11H25N3O. The van der Waals surface area contributed by atoms with E-state index in [4.69, 9.17) is 5.84 Å². The Labute approximate surface area is 93.2 Å². The first-order valence-electron chi connectivity index (χ1n) is 5.71. The Balaban J connectivity index is 4.47. The van der Waals surface area contributed by atoms with E-state index in [2.05, 4.69) is 38.0 Å². The molecule has 0 aliphatic rings. The number of nitrogens with two attached hydrogens (primary N) is 1. The molecule has 1 amide bonds. The third kappa shape index (κ3) is 4.18. The van der Waals surface area contributed by atoms with Crippen LogP contribution in [0.5, 0.6) is 0 Å². The highest BCUT2D eigenvalue weighted by Crippen LogP contribution is 2.14. The monoisotopic (exact) mass is 215 g/mol. The predicted octanol–water partition coefficient (Wildman–Crippen LogP) is 1.12. The van der Waals surface area contributed by atoms with Gasteiger partial charge in [0.15, 0.2) is 0 Å². The average Bonchev–Trinajstić information content (AvgIpc) is 2.22. The van der Waals surface area contributed by atoms with Crippen LogP contribution in [0.15, 0.2) is 0 Å². The average molecular weight is 215 g/mol. The highest BCUT2D eigenvalue weighted by molar-refractivity contribution is 5.78. The van der Waals surface area contributed by atoms with Crippen molar-refractivity contribution in [2.24, 2.45) is 11.8 Å². The first-order chi connectivity index (χ1) is 6.95. The highest BCUT2D eigenvalue weighted by atomic mass is 16.2. The van der Waals surface area contributed by atoms with Gasteiger partial charge in [0.1, 0.15) is 0 Å². The summed E-state index contributed by atoms with van der Waals surface area (Å²) in [6.45, 7) is 11.5. The van der Waals surface area contributed by atoms with Crippen molar-refractivity contribution in [3.8, 4) is 0 Å². The Morgan fingerprint density at radius 2 is 1.87 bits per heavy atom. The van der Waals surface area contributed by atoms with Crippen molar-refractivity contribution in [2.45, 2.75) is 53.1 Å². The minimum Gasteiger partial charge on any atom is -0.297 e. The molecule has 0 aromatic carbocycles. The highest BCUT2D eigenvalue weighted by Gasteiger charge is 2.26. The molecule has 0 radical (unpaired) electrons. The molecule has 0 rings (SSSR count). The van der Waals surface area contributed by atoms with Crippen molar-refractivity contribution in [2.75, 3.05) is 6.54 Å². The van der Waals surface area contributed by atoms with Gasteiger partial charge < -0.3 is 0 Å². The summed E-state index contributed by atoms with van der Waals surface area (Å²) in [5.41, 5.74) is 2.22. The lowest BCUT2D eigenvalue weighted by atomic mass is 10.00. The molecule has 4 heteroatoms. The van der Waals surface area contributed by atoms with E-state index >= 15 is 0 Å². The molecule has 0 aliphatic heterocycles. The lowest BCUT2D eigenvalue weighted by molar-refractivity contribution is -0.126. The van der Waals surface area contributed by atoms with Gasteiger partial charge in [-0.3, -0.25) is 15.1 Å². The van der Waals surface area contributed by atoms with Gasteiger partial charge in [0.05, 0.1) is 5.92 Å². The first kappa shape index (κ1) is 14.4. The van der Waals surface area contributed by atoms with Gasteiger partial charge in [-0.2, -0.15) is 0 Å². The van der Waals surface area contributed by atoms with Gasteiger partial charge in [-0.15, -0.1) is 0 Å². The summed E-state index contributed by atoms with van der Waals surface area (Å²) in [7, 11) is 0. The van der Waals surface area contributed by atoms with Crippen LogP contribution < -0.4 is 11.3 Å². The number of carbonyl (C=O) groups is 1. The van der Waals surface area contributed by atoms with E-state index in [1.54, 1.807) is 0 Å². The van der Waals surface area contributed by atoms with Gasteiger partial charge >= 0.3 is 0 Å². The summed E-state index contributed by atoms with van der Waals surface area (Å²) < 4.78 is 0. The predicted molar refractivity (Wildman–Crippen MR) is 63.1 cm³/mol. The van der Waals surface area contributed by atoms with Gasteiger partial charge in [0, 0.05) is 12.1 Å². The molecule has 0 fully saturated rings. The fraction of sp³-hybridized carbons (Fsp3) is 0.909. The van der Waals surface area contributed by atoms with Crippen molar-refractivity contribution in [1.29, 1.82) is 0 Å². The lowest BCUT2D eigenvalue weighted by Crippen LogP contribution is -2.48. The number of nitrogens with zero attached hydrogens (tertiary/aromatic N) is 1. The van der Waals surface area contributed by atoms with Crippen LogP contribution in [-0.2, 0) is 4.79 Å². The SMILES string of the molecule is CCCN(C(C)C)C(C)C(C)C(=O)NN. The zero-order valence-electron chi connectivity index (χ0n) is 10.6. The second kappa shape index (κ2) is 6.80. The smallest absolute Gasteiger partial charge is 0.238 e. The van der Waals surface area contributed by atoms with Crippen LogP contribution >= 0.6 is 0 Å². The van der Waals surface area contributed by atoms with Crippen LogP contribution in [0.4, 0.5) is 0 Å². The molecule has 2 atom stereocenters. The van der Waals surface area contributed by atoms with Crippen LogP contribution in [0, 0.1) is 5.92 Å². The second-order valence-corrected chi connectivity index (χ2v) is 4.37. The molecule has 0 bridgehead atoms. The Kier molecular flexibility index (Phi) is 6.52. The minimum absolute atomic E-state index is 0.0797. The van der Waals surface area contributed by atoms with Gasteiger partial charge in [-0.05, 0) is 33.7 Å². The summed E-state index contributed by atoms with van der Waals surface area (Å²) in [5, 5.41) is 0. The van der Waals surface area contributed by atoms with Gasteiger partial charge in [-0.1, -0.05) is 13.8 Å². The second-order valence-electron chi connectivity index (χ2n) is 4.37. The molecule has 0 heterocycles. The molecule has 2 unspecified atom stereocenters. The van der Waals surface area contributed by atoms with E-state index < -0.39 is 0 Å². The van der Waals surface area contributed by atoms with E-state index in [1.165, 1.54) is 0 Å². The number of carbonyl (C=O) groups excluding carboxylic acids is 1. The van der Waals surface area contributed by atoms with Crippen molar-refractivity contribution in [3.05, 3.63) is 0 Å². The van der Waals surface area contributed by atoms with Crippen LogP contribution in [0.1, 0.15) is 41.0 Å². The Bertz CT molecular complexity index is 194. The number of hydrazine groups is 1. The largest absolute Gasteiger partial charge is 0.297 e. The van der Waals surface area contributed by atoms with Crippen molar-refractivity contribution in [3.63, 3.8) is 0 Å². The van der Waals surface area contributed by atoms with Gasteiger partial charge in [0.25, 0.3) is 0 Å². The molecule has 90 valence electrons. The maximum Gasteiger partial charge on any atom is 0.238 e. The molecule has 0 aromatic heterocycles. The molecule has 3 N–H and O–H groups in total. The van der Waals surface area contributed by atoms with E-state index in [9.17, 15) is 4.79 Å². The van der Waals surface area contributed by atoms with Crippen LogP contribution in [0.2, 0.25) is 0 Å². The molecule has 4 nitrogen and oxygen atoms in total.